The van der Waals surface area contributed by atoms with Gasteiger partial charge < -0.3 is 10.7 Å². The van der Waals surface area contributed by atoms with E-state index in [2.05, 4.69) is 26.7 Å². The fourth-order valence-electron chi connectivity index (χ4n) is 1.84. The van der Waals surface area contributed by atoms with Crippen LogP contribution in [0, 0.1) is 17.0 Å². The van der Waals surface area contributed by atoms with Gasteiger partial charge in [-0.15, -0.1) is 0 Å². The number of rotatable bonds is 4. The van der Waals surface area contributed by atoms with E-state index in [9.17, 15) is 10.1 Å². The number of hydrogen-bond acceptors (Lipinski definition) is 5. The molecule has 0 aliphatic rings. The molecule has 0 saturated carbocycles. The van der Waals surface area contributed by atoms with Gasteiger partial charge in [0.15, 0.2) is 0 Å². The lowest BCUT2D eigenvalue weighted by Gasteiger charge is -2.10. The van der Waals surface area contributed by atoms with E-state index in [4.69, 9.17) is 5.84 Å². The van der Waals surface area contributed by atoms with Crippen molar-refractivity contribution in [3.05, 3.63) is 56.5 Å². The molecule has 104 valence electrons. The molecule has 0 aliphatic carbocycles. The van der Waals surface area contributed by atoms with Gasteiger partial charge in [-0.2, -0.15) is 0 Å². The molecule has 4 N–H and O–H groups in total. The highest BCUT2D eigenvalue weighted by atomic mass is 79.9. The lowest BCUT2D eigenvalue weighted by Crippen LogP contribution is -2.10. The summed E-state index contributed by atoms with van der Waals surface area (Å²) < 4.78 is 0.981. The molecule has 6 nitrogen and oxygen atoms in total. The van der Waals surface area contributed by atoms with E-state index in [0.29, 0.717) is 5.69 Å². The van der Waals surface area contributed by atoms with E-state index < -0.39 is 4.92 Å². The monoisotopic (exact) mass is 336 g/mol. The number of nitrogens with one attached hydrogen (secondary N) is 2. The molecule has 0 aromatic heterocycles. The Morgan fingerprint density at radius 1 is 1.25 bits per heavy atom. The molecule has 0 bridgehead atoms. The average Bonchev–Trinajstić information content (AvgIpc) is 2.42. The van der Waals surface area contributed by atoms with Crippen molar-refractivity contribution >= 4 is 38.7 Å². The first-order chi connectivity index (χ1) is 9.52. The SMILES string of the molecule is Cc1cc(Nc2cccc(NN)c2[N+](=O)[O-])ccc1Br. The summed E-state index contributed by atoms with van der Waals surface area (Å²) in [6.07, 6.45) is 0. The summed E-state index contributed by atoms with van der Waals surface area (Å²) in [5, 5.41) is 14.2. The molecule has 0 saturated heterocycles. The minimum atomic E-state index is -0.469. The quantitative estimate of drug-likeness (QED) is 0.449. The third kappa shape index (κ3) is 2.89. The van der Waals surface area contributed by atoms with Crippen molar-refractivity contribution in [1.82, 2.24) is 0 Å². The van der Waals surface area contributed by atoms with Crippen LogP contribution in [0.5, 0.6) is 0 Å². The molecule has 0 amide bonds. The maximum absolute atomic E-state index is 11.2. The van der Waals surface area contributed by atoms with Crippen LogP contribution in [-0.2, 0) is 0 Å². The highest BCUT2D eigenvalue weighted by Gasteiger charge is 2.19. The highest BCUT2D eigenvalue weighted by molar-refractivity contribution is 9.10. The second-order valence-electron chi connectivity index (χ2n) is 4.19. The maximum atomic E-state index is 11.2. The first-order valence-electron chi connectivity index (χ1n) is 5.80. The molecule has 0 heterocycles. The Labute approximate surface area is 124 Å². The largest absolute Gasteiger partial charge is 0.350 e. The summed E-state index contributed by atoms with van der Waals surface area (Å²) in [7, 11) is 0. The van der Waals surface area contributed by atoms with Crippen molar-refractivity contribution in [3.8, 4) is 0 Å². The van der Waals surface area contributed by atoms with Gasteiger partial charge in [0.2, 0.25) is 0 Å². The zero-order valence-corrected chi connectivity index (χ0v) is 12.3. The molecule has 2 rings (SSSR count). The lowest BCUT2D eigenvalue weighted by molar-refractivity contribution is -0.383. The summed E-state index contributed by atoms with van der Waals surface area (Å²) in [5.41, 5.74) is 4.69. The van der Waals surface area contributed by atoms with Gasteiger partial charge in [-0.25, -0.2) is 0 Å². The van der Waals surface area contributed by atoms with Crippen molar-refractivity contribution in [3.63, 3.8) is 0 Å². The normalized spacial score (nSPS) is 10.2. The average molecular weight is 337 g/mol. The number of anilines is 3. The van der Waals surface area contributed by atoms with Gasteiger partial charge in [-0.05, 0) is 42.8 Å². The van der Waals surface area contributed by atoms with Crippen molar-refractivity contribution < 1.29 is 4.92 Å². The minimum Gasteiger partial charge on any atom is -0.350 e. The van der Waals surface area contributed by atoms with E-state index in [0.717, 1.165) is 15.7 Å². The smallest absolute Gasteiger partial charge is 0.316 e. The van der Waals surface area contributed by atoms with Gasteiger partial charge >= 0.3 is 5.69 Å². The second-order valence-corrected chi connectivity index (χ2v) is 5.05. The van der Waals surface area contributed by atoms with E-state index in [-0.39, 0.29) is 11.4 Å². The number of nitro groups is 1. The van der Waals surface area contributed by atoms with Crippen LogP contribution in [0.25, 0.3) is 0 Å². The predicted molar refractivity (Wildman–Crippen MR) is 83.1 cm³/mol. The summed E-state index contributed by atoms with van der Waals surface area (Å²) in [4.78, 5) is 10.7. The van der Waals surface area contributed by atoms with E-state index in [1.165, 1.54) is 0 Å². The van der Waals surface area contributed by atoms with Crippen LogP contribution in [0.3, 0.4) is 0 Å². The number of halogens is 1. The third-order valence-electron chi connectivity index (χ3n) is 2.81. The molecule has 2 aromatic rings. The Balaban J connectivity index is 2.42. The number of nitrogen functional groups attached to an aromatic ring is 1. The number of nitrogens with two attached hydrogens (primary N) is 1. The number of hydrazine groups is 1. The van der Waals surface area contributed by atoms with Crippen molar-refractivity contribution in [2.24, 2.45) is 5.84 Å². The van der Waals surface area contributed by atoms with Crippen LogP contribution >= 0.6 is 15.9 Å². The highest BCUT2D eigenvalue weighted by Crippen LogP contribution is 2.34. The van der Waals surface area contributed by atoms with Gasteiger partial charge in [0.05, 0.1) is 4.92 Å². The number of hydrogen-bond donors (Lipinski definition) is 3. The van der Waals surface area contributed by atoms with E-state index in [1.54, 1.807) is 18.2 Å². The molecular weight excluding hydrogens is 324 g/mol. The fourth-order valence-corrected chi connectivity index (χ4v) is 2.08. The molecule has 0 fully saturated rings. The predicted octanol–water partition coefficient (Wildman–Crippen LogP) is 3.69. The fraction of sp³-hybridized carbons (Fsp3) is 0.0769. The topological polar surface area (TPSA) is 93.2 Å². The van der Waals surface area contributed by atoms with Gasteiger partial charge in [-0.1, -0.05) is 22.0 Å². The Morgan fingerprint density at radius 3 is 2.55 bits per heavy atom. The van der Waals surface area contributed by atoms with Crippen LogP contribution in [-0.4, -0.2) is 4.92 Å². The van der Waals surface area contributed by atoms with Gasteiger partial charge in [0.1, 0.15) is 11.4 Å². The molecule has 0 radical (unpaired) electrons. The molecule has 2 aromatic carbocycles. The van der Waals surface area contributed by atoms with Crippen LogP contribution in [0.1, 0.15) is 5.56 Å². The molecule has 0 unspecified atom stereocenters. The summed E-state index contributed by atoms with van der Waals surface area (Å²) >= 11 is 3.41. The Kier molecular flexibility index (Phi) is 4.21. The van der Waals surface area contributed by atoms with Gasteiger partial charge in [0, 0.05) is 10.2 Å². The van der Waals surface area contributed by atoms with Crippen LogP contribution in [0.15, 0.2) is 40.9 Å². The molecule has 0 atom stereocenters. The standard InChI is InChI=1S/C13H13BrN4O2/c1-8-7-9(5-6-10(8)14)16-11-3-2-4-12(17-15)13(11)18(19)20/h2-7,16-17H,15H2,1H3. The Morgan fingerprint density at radius 2 is 1.95 bits per heavy atom. The second kappa shape index (κ2) is 5.89. The Hall–Kier alpha value is -2.12. The van der Waals surface area contributed by atoms with Crippen LogP contribution < -0.4 is 16.6 Å². The van der Waals surface area contributed by atoms with Crippen molar-refractivity contribution in [2.45, 2.75) is 6.92 Å². The van der Waals surface area contributed by atoms with Crippen LogP contribution in [0.4, 0.5) is 22.7 Å². The van der Waals surface area contributed by atoms with Crippen LogP contribution in [0.2, 0.25) is 0 Å². The third-order valence-corrected chi connectivity index (χ3v) is 3.70. The lowest BCUT2D eigenvalue weighted by atomic mass is 10.2. The number of benzene rings is 2. The van der Waals surface area contributed by atoms with Gasteiger partial charge in [-0.3, -0.25) is 16.0 Å². The number of nitrogens with zero attached hydrogens (tertiary/aromatic N) is 1. The number of aryl methyl sites for hydroxylation is 1. The zero-order chi connectivity index (χ0) is 14.7. The number of para-hydroxylation sites is 1. The first kappa shape index (κ1) is 14.3. The summed E-state index contributed by atoms with van der Waals surface area (Å²) in [6, 6.07) is 10.5. The van der Waals surface area contributed by atoms with Crippen molar-refractivity contribution in [1.29, 1.82) is 0 Å². The Bertz CT molecular complexity index is 661. The molecular formula is C13H13BrN4O2. The van der Waals surface area contributed by atoms with Gasteiger partial charge in [0.25, 0.3) is 0 Å². The number of nitro benzene ring substituents is 1. The molecule has 0 spiro atoms. The zero-order valence-electron chi connectivity index (χ0n) is 10.7. The summed E-state index contributed by atoms with van der Waals surface area (Å²) in [5.74, 6) is 5.31. The van der Waals surface area contributed by atoms with E-state index >= 15 is 0 Å². The minimum absolute atomic E-state index is 0.0874. The first-order valence-corrected chi connectivity index (χ1v) is 6.59. The maximum Gasteiger partial charge on any atom is 0.316 e. The summed E-state index contributed by atoms with van der Waals surface area (Å²) in [6.45, 7) is 1.95. The molecule has 7 heteroatoms. The van der Waals surface area contributed by atoms with Crippen molar-refractivity contribution in [2.75, 3.05) is 10.7 Å². The molecule has 20 heavy (non-hydrogen) atoms. The molecule has 0 aliphatic heterocycles. The van der Waals surface area contributed by atoms with E-state index in [1.807, 2.05) is 25.1 Å².